The van der Waals surface area contributed by atoms with Gasteiger partial charge in [0.15, 0.2) is 0 Å². The van der Waals surface area contributed by atoms with Crippen molar-refractivity contribution >= 4 is 17.7 Å². The van der Waals surface area contributed by atoms with Gasteiger partial charge in [-0.25, -0.2) is 4.79 Å². The lowest BCUT2D eigenvalue weighted by molar-refractivity contribution is -0.142. The third-order valence-electron chi connectivity index (χ3n) is 2.75. The number of esters is 1. The smallest absolute Gasteiger partial charge is 0.412 e. The van der Waals surface area contributed by atoms with E-state index in [1.165, 1.54) is 6.92 Å². The molecule has 0 saturated carbocycles. The molecule has 116 valence electrons. The molecule has 1 aromatic carbocycles. The number of benzene rings is 1. The van der Waals surface area contributed by atoms with Crippen molar-refractivity contribution in [2.24, 2.45) is 0 Å². The van der Waals surface area contributed by atoms with Crippen LogP contribution in [0.5, 0.6) is 0 Å². The van der Waals surface area contributed by atoms with Crippen LogP contribution in [0.4, 0.5) is 10.5 Å². The molecule has 1 amide bonds. The van der Waals surface area contributed by atoms with E-state index in [-0.39, 0.29) is 12.6 Å². The summed E-state index contributed by atoms with van der Waals surface area (Å²) in [4.78, 5) is 22.7. The summed E-state index contributed by atoms with van der Waals surface area (Å²) in [5.41, 5.74) is 2.87. The molecule has 5 heteroatoms. The van der Waals surface area contributed by atoms with Crippen LogP contribution in [0, 0.1) is 13.8 Å². The van der Waals surface area contributed by atoms with Crippen LogP contribution in [-0.2, 0) is 20.9 Å². The van der Waals surface area contributed by atoms with Gasteiger partial charge in [0, 0.05) is 12.6 Å². The van der Waals surface area contributed by atoms with E-state index in [1.54, 1.807) is 26.8 Å². The maximum atomic E-state index is 11.8. The largest absolute Gasteiger partial charge is 0.461 e. The van der Waals surface area contributed by atoms with Crippen LogP contribution in [0.25, 0.3) is 0 Å². The number of amides is 1. The van der Waals surface area contributed by atoms with Crippen LogP contribution in [0.15, 0.2) is 12.1 Å². The molecule has 0 aliphatic heterocycles. The Balaban J connectivity index is 2.89. The molecule has 21 heavy (non-hydrogen) atoms. The Morgan fingerprint density at radius 3 is 2.29 bits per heavy atom. The molecule has 0 fully saturated rings. The van der Waals surface area contributed by atoms with Crippen molar-refractivity contribution < 1.29 is 19.1 Å². The third kappa shape index (κ3) is 5.85. The van der Waals surface area contributed by atoms with E-state index in [0.717, 1.165) is 16.7 Å². The number of nitrogens with one attached hydrogen (secondary N) is 1. The molecule has 0 aromatic heterocycles. The third-order valence-corrected chi connectivity index (χ3v) is 2.75. The van der Waals surface area contributed by atoms with Crippen molar-refractivity contribution in [3.8, 4) is 0 Å². The van der Waals surface area contributed by atoms with Crippen LogP contribution >= 0.6 is 0 Å². The number of hydrogen-bond acceptors (Lipinski definition) is 4. The first-order chi connectivity index (χ1) is 9.58. The monoisotopic (exact) mass is 293 g/mol. The minimum absolute atomic E-state index is 0.185. The summed E-state index contributed by atoms with van der Waals surface area (Å²) in [6, 6.07) is 3.74. The van der Waals surface area contributed by atoms with Crippen LogP contribution in [0.3, 0.4) is 0 Å². The average molecular weight is 293 g/mol. The van der Waals surface area contributed by atoms with Crippen molar-refractivity contribution in [1.29, 1.82) is 0 Å². The Kier molecular flexibility index (Phi) is 5.35. The highest BCUT2D eigenvalue weighted by molar-refractivity contribution is 5.86. The fourth-order valence-electron chi connectivity index (χ4n) is 1.78. The number of hydrogen-bond donors (Lipinski definition) is 1. The lowest BCUT2D eigenvalue weighted by Crippen LogP contribution is -2.27. The van der Waals surface area contributed by atoms with Gasteiger partial charge in [-0.2, -0.15) is 0 Å². The van der Waals surface area contributed by atoms with Crippen LogP contribution in [-0.4, -0.2) is 17.7 Å². The van der Waals surface area contributed by atoms with Gasteiger partial charge in [-0.3, -0.25) is 10.1 Å². The summed E-state index contributed by atoms with van der Waals surface area (Å²) in [6.45, 7) is 10.8. The van der Waals surface area contributed by atoms with E-state index in [4.69, 9.17) is 9.47 Å². The number of ether oxygens (including phenoxy) is 2. The highest BCUT2D eigenvalue weighted by atomic mass is 16.6. The molecule has 0 unspecified atom stereocenters. The first-order valence-corrected chi connectivity index (χ1v) is 6.82. The van der Waals surface area contributed by atoms with E-state index in [1.807, 2.05) is 19.9 Å². The minimum atomic E-state index is -0.552. The molecule has 0 spiro atoms. The molecule has 0 aliphatic rings. The molecule has 0 heterocycles. The van der Waals surface area contributed by atoms with E-state index in [0.29, 0.717) is 5.69 Å². The zero-order valence-electron chi connectivity index (χ0n) is 13.5. The van der Waals surface area contributed by atoms with Gasteiger partial charge in [-0.1, -0.05) is 6.07 Å². The number of rotatable bonds is 3. The molecule has 1 rings (SSSR count). The highest BCUT2D eigenvalue weighted by Gasteiger charge is 2.17. The number of carbonyl (C=O) groups is 2. The summed E-state index contributed by atoms with van der Waals surface area (Å²) < 4.78 is 10.2. The molecule has 0 aliphatic carbocycles. The standard InChI is InChI=1S/C16H23NO4/c1-10-7-11(2)14(8-13(10)9-20-12(3)18)17-15(19)21-16(4,5)6/h7-8H,9H2,1-6H3,(H,17,19). The molecule has 5 nitrogen and oxygen atoms in total. The quantitative estimate of drug-likeness (QED) is 0.863. The summed E-state index contributed by atoms with van der Waals surface area (Å²) in [5, 5.41) is 2.72. The normalized spacial score (nSPS) is 11.0. The molecular weight excluding hydrogens is 270 g/mol. The fraction of sp³-hybridized carbons (Fsp3) is 0.500. The zero-order valence-corrected chi connectivity index (χ0v) is 13.5. The number of anilines is 1. The van der Waals surface area contributed by atoms with Crippen molar-refractivity contribution in [1.82, 2.24) is 0 Å². The average Bonchev–Trinajstić information content (AvgIpc) is 2.28. The van der Waals surface area contributed by atoms with Gasteiger partial charge in [-0.05, 0) is 57.4 Å². The van der Waals surface area contributed by atoms with Gasteiger partial charge in [0.1, 0.15) is 12.2 Å². The van der Waals surface area contributed by atoms with Crippen molar-refractivity contribution in [2.45, 2.75) is 53.8 Å². The molecule has 0 radical (unpaired) electrons. The summed E-state index contributed by atoms with van der Waals surface area (Å²) in [5.74, 6) is -0.336. The highest BCUT2D eigenvalue weighted by Crippen LogP contribution is 2.22. The van der Waals surface area contributed by atoms with Crippen molar-refractivity contribution in [2.75, 3.05) is 5.32 Å². The molecule has 0 bridgehead atoms. The maximum absolute atomic E-state index is 11.8. The van der Waals surface area contributed by atoms with Gasteiger partial charge in [-0.15, -0.1) is 0 Å². The summed E-state index contributed by atoms with van der Waals surface area (Å²) in [7, 11) is 0. The molecular formula is C16H23NO4. The van der Waals surface area contributed by atoms with Crippen LogP contribution < -0.4 is 5.32 Å². The van der Waals surface area contributed by atoms with Gasteiger partial charge < -0.3 is 9.47 Å². The summed E-state index contributed by atoms with van der Waals surface area (Å²) in [6.07, 6.45) is -0.507. The molecule has 1 aromatic rings. The van der Waals surface area contributed by atoms with Gasteiger partial charge in [0.25, 0.3) is 0 Å². The van der Waals surface area contributed by atoms with Crippen LogP contribution in [0.2, 0.25) is 0 Å². The second-order valence-corrected chi connectivity index (χ2v) is 6.00. The number of aryl methyl sites for hydroxylation is 2. The SMILES string of the molecule is CC(=O)OCc1cc(NC(=O)OC(C)(C)C)c(C)cc1C. The first-order valence-electron chi connectivity index (χ1n) is 6.82. The first kappa shape index (κ1) is 17.0. The second kappa shape index (κ2) is 6.61. The Hall–Kier alpha value is -2.04. The van der Waals surface area contributed by atoms with Crippen molar-refractivity contribution in [3.05, 3.63) is 28.8 Å². The predicted molar refractivity (Wildman–Crippen MR) is 81.2 cm³/mol. The summed E-state index contributed by atoms with van der Waals surface area (Å²) >= 11 is 0. The fourth-order valence-corrected chi connectivity index (χ4v) is 1.78. The Bertz CT molecular complexity index is 544. The molecule has 1 N–H and O–H groups in total. The lowest BCUT2D eigenvalue weighted by atomic mass is 10.0. The van der Waals surface area contributed by atoms with E-state index in [9.17, 15) is 9.59 Å². The Morgan fingerprint density at radius 2 is 1.76 bits per heavy atom. The second-order valence-electron chi connectivity index (χ2n) is 6.00. The topological polar surface area (TPSA) is 64.6 Å². The predicted octanol–water partition coefficient (Wildman–Crippen LogP) is 3.71. The van der Waals surface area contributed by atoms with E-state index >= 15 is 0 Å². The van der Waals surface area contributed by atoms with E-state index in [2.05, 4.69) is 5.32 Å². The molecule has 0 atom stereocenters. The molecule has 0 saturated heterocycles. The zero-order chi connectivity index (χ0) is 16.2. The van der Waals surface area contributed by atoms with Crippen molar-refractivity contribution in [3.63, 3.8) is 0 Å². The van der Waals surface area contributed by atoms with E-state index < -0.39 is 11.7 Å². The Morgan fingerprint density at radius 1 is 1.14 bits per heavy atom. The lowest BCUT2D eigenvalue weighted by Gasteiger charge is -2.20. The minimum Gasteiger partial charge on any atom is -0.461 e. The van der Waals surface area contributed by atoms with Gasteiger partial charge >= 0.3 is 12.1 Å². The van der Waals surface area contributed by atoms with Crippen LogP contribution in [0.1, 0.15) is 44.4 Å². The maximum Gasteiger partial charge on any atom is 0.412 e. The van der Waals surface area contributed by atoms with Gasteiger partial charge in [0.05, 0.1) is 0 Å². The number of carbonyl (C=O) groups excluding carboxylic acids is 2. The van der Waals surface area contributed by atoms with Gasteiger partial charge in [0.2, 0.25) is 0 Å². The Labute approximate surface area is 125 Å².